The van der Waals surface area contributed by atoms with Gasteiger partial charge in [0.2, 0.25) is 11.8 Å². The van der Waals surface area contributed by atoms with Crippen molar-refractivity contribution in [2.75, 3.05) is 46.8 Å². The fourth-order valence-corrected chi connectivity index (χ4v) is 7.54. The van der Waals surface area contributed by atoms with Crippen LogP contribution in [-0.2, 0) is 26.8 Å². The molecule has 5 rings (SSSR count). The lowest BCUT2D eigenvalue weighted by Gasteiger charge is -2.46. The van der Waals surface area contributed by atoms with Gasteiger partial charge in [0.15, 0.2) is 0 Å². The van der Waals surface area contributed by atoms with Gasteiger partial charge in [-0.3, -0.25) is 9.59 Å². The molecule has 3 aromatic rings. The number of piperidine rings is 2. The molecule has 2 saturated heterocycles. The maximum Gasteiger partial charge on any atom is 0.232 e. The third kappa shape index (κ3) is 8.34. The first kappa shape index (κ1) is 37.1. The van der Waals surface area contributed by atoms with Gasteiger partial charge in [-0.2, -0.15) is 0 Å². The Morgan fingerprint density at radius 1 is 0.822 bits per heavy atom. The van der Waals surface area contributed by atoms with E-state index >= 15 is 0 Å². The summed E-state index contributed by atoms with van der Waals surface area (Å²) in [7, 11) is 3.70. The molecule has 244 valence electrons. The van der Waals surface area contributed by atoms with E-state index in [2.05, 4.69) is 23.1 Å². The van der Waals surface area contributed by atoms with E-state index in [0.29, 0.717) is 28.0 Å². The van der Waals surface area contributed by atoms with Crippen LogP contribution in [0.4, 0.5) is 0 Å². The maximum absolute atomic E-state index is 13.5. The molecule has 1 atom stereocenters. The van der Waals surface area contributed by atoms with Crippen molar-refractivity contribution in [1.82, 2.24) is 14.7 Å². The third-order valence-electron chi connectivity index (χ3n) is 9.46. The molecule has 2 N–H and O–H groups in total. The Kier molecular flexibility index (Phi) is 13.2. The smallest absolute Gasteiger partial charge is 0.232 e. The highest BCUT2D eigenvalue weighted by Crippen LogP contribution is 2.42. The average molecular weight is 696 g/mol. The van der Waals surface area contributed by atoms with Crippen molar-refractivity contribution in [3.63, 3.8) is 0 Å². The summed E-state index contributed by atoms with van der Waals surface area (Å²) < 4.78 is 0. The Morgan fingerprint density at radius 3 is 2.18 bits per heavy atom. The molecule has 6 nitrogen and oxygen atoms in total. The highest BCUT2D eigenvalue weighted by atomic mass is 35.5. The fraction of sp³-hybridized carbons (Fsp3) is 0.429. The molecular formula is C35H43Cl4N3O3. The Bertz CT molecular complexity index is 1450. The molecule has 45 heavy (non-hydrogen) atoms. The monoisotopic (exact) mass is 693 g/mol. The highest BCUT2D eigenvalue weighted by molar-refractivity contribution is 6.42. The zero-order valence-corrected chi connectivity index (χ0v) is 29.0. The van der Waals surface area contributed by atoms with Crippen LogP contribution >= 0.6 is 47.2 Å². The number of hydrogen-bond acceptors (Lipinski definition) is 3. The van der Waals surface area contributed by atoms with Crippen LogP contribution in [-0.4, -0.2) is 78.8 Å². The second-order valence-electron chi connectivity index (χ2n) is 12.4. The van der Waals surface area contributed by atoms with Crippen molar-refractivity contribution >= 4 is 59.0 Å². The van der Waals surface area contributed by atoms with Crippen molar-refractivity contribution in [2.24, 2.45) is 0 Å². The number of amides is 2. The van der Waals surface area contributed by atoms with Gasteiger partial charge in [0.05, 0.1) is 21.9 Å². The number of carbonyl (C=O) groups excluding carboxylic acids is 2. The van der Waals surface area contributed by atoms with Gasteiger partial charge in [-0.05, 0) is 92.7 Å². The first-order valence-corrected chi connectivity index (χ1v) is 16.2. The molecule has 0 saturated carbocycles. The van der Waals surface area contributed by atoms with E-state index in [1.165, 1.54) is 0 Å². The average Bonchev–Trinajstić information content (AvgIpc) is 3.02. The molecule has 0 bridgehead atoms. The highest BCUT2D eigenvalue weighted by Gasteiger charge is 2.45. The lowest BCUT2D eigenvalue weighted by molar-refractivity contribution is -0.137. The van der Waals surface area contributed by atoms with Gasteiger partial charge in [-0.15, -0.1) is 12.4 Å². The van der Waals surface area contributed by atoms with Gasteiger partial charge in [0, 0.05) is 37.6 Å². The van der Waals surface area contributed by atoms with Crippen LogP contribution in [0.5, 0.6) is 0 Å². The predicted molar refractivity (Wildman–Crippen MR) is 187 cm³/mol. The molecule has 0 spiro atoms. The van der Waals surface area contributed by atoms with Gasteiger partial charge in [-0.1, -0.05) is 83.3 Å². The van der Waals surface area contributed by atoms with E-state index in [4.69, 9.17) is 34.8 Å². The van der Waals surface area contributed by atoms with Crippen molar-refractivity contribution in [3.05, 3.63) is 105 Å². The second-order valence-corrected chi connectivity index (χ2v) is 13.6. The molecule has 2 amide bonds. The molecule has 3 aromatic carbocycles. The van der Waals surface area contributed by atoms with Crippen LogP contribution < -0.4 is 0 Å². The van der Waals surface area contributed by atoms with E-state index < -0.39 is 5.41 Å². The number of likely N-dealkylation sites (N-methyl/N-ethyl adjacent to an activating group) is 1. The third-order valence-corrected chi connectivity index (χ3v) is 10.4. The number of likely N-dealkylation sites (tertiary alicyclic amines) is 2. The quantitative estimate of drug-likeness (QED) is 0.259. The predicted octanol–water partition coefficient (Wildman–Crippen LogP) is 6.86. The molecule has 10 heteroatoms. The normalized spacial score (nSPS) is 19.6. The Balaban J connectivity index is 0.00000276. The van der Waals surface area contributed by atoms with Gasteiger partial charge < -0.3 is 20.2 Å². The molecule has 2 heterocycles. The number of benzene rings is 3. The van der Waals surface area contributed by atoms with Gasteiger partial charge in [-0.25, -0.2) is 0 Å². The van der Waals surface area contributed by atoms with Crippen molar-refractivity contribution < 1.29 is 15.1 Å². The SMILES string of the molecule is CN(C)C(=O)C1(c2ccccc2)CCN(CCC2(c3ccc(Cl)c(Cl)c3)CCCN(C(=O)Cc3cccc(Cl)c3)C2)CC1.Cl.O. The number of hydrogen-bond donors (Lipinski definition) is 0. The summed E-state index contributed by atoms with van der Waals surface area (Å²) in [4.78, 5) is 33.3. The van der Waals surface area contributed by atoms with Crippen LogP contribution in [0.15, 0.2) is 72.8 Å². The van der Waals surface area contributed by atoms with E-state index in [-0.39, 0.29) is 35.1 Å². The van der Waals surface area contributed by atoms with Gasteiger partial charge >= 0.3 is 0 Å². The molecule has 1 unspecified atom stereocenters. The number of rotatable bonds is 8. The molecule has 2 aliphatic heterocycles. The van der Waals surface area contributed by atoms with E-state index in [9.17, 15) is 9.59 Å². The summed E-state index contributed by atoms with van der Waals surface area (Å²) in [5.74, 6) is 0.283. The number of nitrogens with zero attached hydrogens (tertiary/aromatic N) is 3. The molecule has 0 aromatic heterocycles. The minimum atomic E-state index is -0.503. The fourth-order valence-electron chi connectivity index (χ4n) is 7.03. The number of halogens is 4. The zero-order valence-electron chi connectivity index (χ0n) is 25.9. The first-order valence-electron chi connectivity index (χ1n) is 15.1. The summed E-state index contributed by atoms with van der Waals surface area (Å²) in [5.41, 5.74) is 2.40. The zero-order chi connectivity index (χ0) is 30.6. The van der Waals surface area contributed by atoms with Gasteiger partial charge in [0.25, 0.3) is 0 Å². The summed E-state index contributed by atoms with van der Waals surface area (Å²) >= 11 is 19.1. The Hall–Kier alpha value is -2.32. The molecule has 0 aliphatic carbocycles. The molecular weight excluding hydrogens is 652 g/mol. The van der Waals surface area contributed by atoms with Crippen LogP contribution in [0.25, 0.3) is 0 Å². The van der Waals surface area contributed by atoms with Crippen molar-refractivity contribution in [3.8, 4) is 0 Å². The lowest BCUT2D eigenvalue weighted by atomic mass is 9.70. The van der Waals surface area contributed by atoms with E-state index in [0.717, 1.165) is 75.0 Å². The summed E-state index contributed by atoms with van der Waals surface area (Å²) in [6, 6.07) is 23.7. The summed E-state index contributed by atoms with van der Waals surface area (Å²) in [6.45, 7) is 3.91. The van der Waals surface area contributed by atoms with Crippen molar-refractivity contribution in [1.29, 1.82) is 0 Å². The number of carbonyl (C=O) groups is 2. The molecule has 0 radical (unpaired) electrons. The Morgan fingerprint density at radius 2 is 1.53 bits per heavy atom. The van der Waals surface area contributed by atoms with Crippen LogP contribution in [0.3, 0.4) is 0 Å². The van der Waals surface area contributed by atoms with Gasteiger partial charge in [0.1, 0.15) is 0 Å². The largest absolute Gasteiger partial charge is 0.412 e. The van der Waals surface area contributed by atoms with Crippen LogP contribution in [0.1, 0.15) is 48.8 Å². The topological polar surface area (TPSA) is 75.4 Å². The van der Waals surface area contributed by atoms with Crippen LogP contribution in [0, 0.1) is 0 Å². The Labute approximate surface area is 288 Å². The molecule has 2 aliphatic rings. The molecule has 2 fully saturated rings. The van der Waals surface area contributed by atoms with Crippen LogP contribution in [0.2, 0.25) is 15.1 Å². The van der Waals surface area contributed by atoms with E-state index in [1.807, 2.05) is 73.6 Å². The first-order chi connectivity index (χ1) is 20.6. The standard InChI is InChI=1S/C35H40Cl3N3O2.ClH.H2O/c1-39(2)33(43)35(27-9-4-3-5-10-27)16-20-40(21-17-35)19-15-34(28-12-13-30(37)31(38)24-28)14-7-18-41(25-34)32(42)23-26-8-6-11-29(36)22-26;;/h3-6,8-13,22,24H,7,14-21,23,25H2,1-2H3;1H;1H2. The summed E-state index contributed by atoms with van der Waals surface area (Å²) in [6.07, 6.45) is 4.64. The van der Waals surface area contributed by atoms with Crippen molar-refractivity contribution in [2.45, 2.75) is 49.4 Å². The van der Waals surface area contributed by atoms with E-state index in [1.54, 1.807) is 4.90 Å². The minimum Gasteiger partial charge on any atom is -0.412 e. The second kappa shape index (κ2) is 16.0. The lowest BCUT2D eigenvalue weighted by Crippen LogP contribution is -2.53. The minimum absolute atomic E-state index is 0. The summed E-state index contributed by atoms with van der Waals surface area (Å²) in [5, 5.41) is 1.71. The maximum atomic E-state index is 13.5.